The maximum Gasteiger partial charge on any atom is 0.174 e. The third-order valence-electron chi connectivity index (χ3n) is 5.49. The van der Waals surface area contributed by atoms with E-state index in [0.717, 1.165) is 0 Å². The van der Waals surface area contributed by atoms with Crippen LogP contribution in [0.4, 0.5) is 0 Å². The predicted molar refractivity (Wildman–Crippen MR) is 81.6 cm³/mol. The van der Waals surface area contributed by atoms with Gasteiger partial charge in [0.25, 0.3) is 0 Å². The van der Waals surface area contributed by atoms with Crippen molar-refractivity contribution in [3.05, 3.63) is 23.2 Å². The van der Waals surface area contributed by atoms with Crippen molar-refractivity contribution in [1.82, 2.24) is 4.90 Å². The Morgan fingerprint density at radius 1 is 1.64 bits per heavy atom. The van der Waals surface area contributed by atoms with E-state index < -0.39 is 60.5 Å². The van der Waals surface area contributed by atoms with E-state index in [0.29, 0.717) is 0 Å². The molecule has 4 aliphatic rings. The first-order valence-corrected chi connectivity index (χ1v) is 7.45. The number of likely N-dealkylation sites (tertiary alicyclic amines) is 1. The SMILES string of the molecule is [2H]c1c([2H])c2c3c(c1OC([2H])([2H])[2H])OC1([2H])C(=O)CC[C@@H]4[C@@]31CCN(C)[C@]4([2H])C2([2H])[2H]. The molecule has 2 aliphatic carbocycles. The summed E-state index contributed by atoms with van der Waals surface area (Å²) < 4.78 is 86.3. The Hall–Kier alpha value is -1.55. The van der Waals surface area contributed by atoms with Gasteiger partial charge in [0, 0.05) is 27.5 Å². The number of ketones is 1. The lowest BCUT2D eigenvalue weighted by molar-refractivity contribution is -0.138. The molecule has 4 nitrogen and oxygen atoms in total. The average Bonchev–Trinajstić information content (AvgIpc) is 2.91. The van der Waals surface area contributed by atoms with Gasteiger partial charge in [0.15, 0.2) is 23.4 Å². The third kappa shape index (κ3) is 1.27. The maximum atomic E-state index is 13.0. The Balaban J connectivity index is 1.96. The van der Waals surface area contributed by atoms with Gasteiger partial charge >= 0.3 is 0 Å². The van der Waals surface area contributed by atoms with Gasteiger partial charge in [-0.25, -0.2) is 0 Å². The molecule has 0 radical (unpaired) electrons. The second-order valence-electron chi connectivity index (χ2n) is 6.36. The zero-order valence-electron chi connectivity index (χ0n) is 21.1. The monoisotopic (exact) mass is 308 g/mol. The number of ether oxygens (including phenoxy) is 2. The molecule has 1 saturated carbocycles. The highest BCUT2D eigenvalue weighted by Crippen LogP contribution is 2.62. The van der Waals surface area contributed by atoms with Gasteiger partial charge in [0.1, 0.15) is 0 Å². The summed E-state index contributed by atoms with van der Waals surface area (Å²) in [6.07, 6.45) is -4.36. The van der Waals surface area contributed by atoms with Crippen LogP contribution < -0.4 is 9.47 Å². The van der Waals surface area contributed by atoms with Crippen molar-refractivity contribution in [2.24, 2.45) is 5.92 Å². The number of piperidine rings is 1. The van der Waals surface area contributed by atoms with Crippen molar-refractivity contribution >= 4 is 5.78 Å². The second-order valence-corrected chi connectivity index (χ2v) is 6.36. The van der Waals surface area contributed by atoms with Crippen LogP contribution in [0.1, 0.15) is 42.7 Å². The van der Waals surface area contributed by atoms with Crippen molar-refractivity contribution in [3.8, 4) is 11.5 Å². The minimum absolute atomic E-state index is 0.0572. The standard InChI is InChI=1S/C18H21NO3/c1-19-8-7-18-11-4-5-13(20)17(18)22-16-14(21-2)6-3-10(15(16)18)9-12(11)19/h3,6,11-12,17H,4-5,7-9H2,1-2H3/t11-,12+,17?,18-/m0/s1/i2D3,3D,6D,9D2,12D,17D. The summed E-state index contributed by atoms with van der Waals surface area (Å²) >= 11 is 0. The topological polar surface area (TPSA) is 38.8 Å². The summed E-state index contributed by atoms with van der Waals surface area (Å²) in [5.74, 6) is -2.26. The Labute approximate surface area is 143 Å². The normalized spacial score (nSPS) is 54.0. The molecule has 1 spiro atoms. The van der Waals surface area contributed by atoms with E-state index in [1.807, 2.05) is 0 Å². The van der Waals surface area contributed by atoms with Crippen LogP contribution in [-0.4, -0.2) is 43.4 Å². The quantitative estimate of drug-likeness (QED) is 0.795. The van der Waals surface area contributed by atoms with E-state index in [1.54, 1.807) is 11.9 Å². The van der Waals surface area contributed by atoms with Gasteiger partial charge in [-0.1, -0.05) is 6.04 Å². The van der Waals surface area contributed by atoms with E-state index in [9.17, 15) is 6.17 Å². The molecule has 2 bridgehead atoms. The molecule has 2 fully saturated rings. The van der Waals surface area contributed by atoms with Crippen LogP contribution in [-0.2, 0) is 16.6 Å². The Morgan fingerprint density at radius 2 is 2.55 bits per heavy atom. The molecule has 0 aromatic heterocycles. The Morgan fingerprint density at radius 3 is 3.41 bits per heavy atom. The highest BCUT2D eigenvalue weighted by Gasteiger charge is 2.65. The Kier molecular flexibility index (Phi) is 1.27. The zero-order chi connectivity index (χ0) is 22.9. The smallest absolute Gasteiger partial charge is 0.174 e. The molecule has 2 heterocycles. The molecule has 4 atom stereocenters. The summed E-state index contributed by atoms with van der Waals surface area (Å²) in [6, 6.07) is -3.22. The lowest BCUT2D eigenvalue weighted by atomic mass is 9.52. The van der Waals surface area contributed by atoms with Crippen molar-refractivity contribution in [2.45, 2.75) is 43.1 Å². The van der Waals surface area contributed by atoms with Gasteiger partial charge in [-0.05, 0) is 50.3 Å². The van der Waals surface area contributed by atoms with Crippen LogP contribution in [0.15, 0.2) is 12.1 Å². The highest BCUT2D eigenvalue weighted by atomic mass is 16.5. The molecule has 0 N–H and O–H groups in total. The lowest BCUT2D eigenvalue weighted by Crippen LogP contribution is -2.65. The minimum atomic E-state index is -2.99. The molecule has 116 valence electrons. The molecule has 2 aliphatic heterocycles. The lowest BCUT2D eigenvalue weighted by Gasteiger charge is -2.57. The zero-order valence-corrected chi connectivity index (χ0v) is 12.1. The number of carbonyl (C=O) groups is 1. The highest BCUT2D eigenvalue weighted by molar-refractivity contribution is 5.89. The number of nitrogens with zero attached hydrogens (tertiary/aromatic N) is 1. The van der Waals surface area contributed by atoms with Gasteiger partial charge in [-0.2, -0.15) is 0 Å². The van der Waals surface area contributed by atoms with Crippen LogP contribution in [0.25, 0.3) is 0 Å². The third-order valence-corrected chi connectivity index (χ3v) is 5.49. The molecule has 1 aromatic rings. The molecule has 0 amide bonds. The van der Waals surface area contributed by atoms with Gasteiger partial charge < -0.3 is 14.4 Å². The van der Waals surface area contributed by atoms with Gasteiger partial charge in [0.05, 0.1) is 15.3 Å². The summed E-state index contributed by atoms with van der Waals surface area (Å²) in [7, 11) is -1.38. The molecule has 4 heteroatoms. The van der Waals surface area contributed by atoms with E-state index in [1.165, 1.54) is 0 Å². The van der Waals surface area contributed by atoms with Crippen molar-refractivity contribution < 1.29 is 26.6 Å². The number of Topliss-reactive ketones (excluding diaryl/α,β-unsaturated/α-hetero) is 1. The molecule has 5 rings (SSSR count). The molecule has 1 unspecified atom stereocenters. The van der Waals surface area contributed by atoms with Crippen LogP contribution >= 0.6 is 0 Å². The number of carbonyl (C=O) groups excluding carboxylic acids is 1. The number of methoxy groups -OCH3 is 1. The van der Waals surface area contributed by atoms with Crippen molar-refractivity contribution in [3.63, 3.8) is 0 Å². The Bertz CT molecular complexity index is 1040. The fourth-order valence-corrected chi connectivity index (χ4v) is 4.56. The first-order chi connectivity index (χ1) is 14.1. The van der Waals surface area contributed by atoms with E-state index in [4.69, 9.17) is 20.4 Å². The first-order valence-electron chi connectivity index (χ1n) is 12.0. The number of hydrogen-bond donors (Lipinski definition) is 0. The summed E-state index contributed by atoms with van der Waals surface area (Å²) in [6.45, 7) is 0.209. The van der Waals surface area contributed by atoms with Gasteiger partial charge in [-0.3, -0.25) is 4.79 Å². The summed E-state index contributed by atoms with van der Waals surface area (Å²) in [4.78, 5) is 14.6. The number of rotatable bonds is 1. The molecular formula is C18H21NO3. The van der Waals surface area contributed by atoms with Crippen LogP contribution in [0.5, 0.6) is 11.5 Å². The van der Waals surface area contributed by atoms with E-state index >= 15 is 0 Å². The van der Waals surface area contributed by atoms with E-state index in [2.05, 4.69) is 0 Å². The second kappa shape index (κ2) is 4.05. The fraction of sp³-hybridized carbons (Fsp3) is 0.611. The molecule has 1 saturated heterocycles. The van der Waals surface area contributed by atoms with E-state index in [-0.39, 0.29) is 42.7 Å². The fourth-order valence-electron chi connectivity index (χ4n) is 4.56. The molecular weight excluding hydrogens is 278 g/mol. The number of benzene rings is 1. The summed E-state index contributed by atoms with van der Waals surface area (Å²) in [5, 5.41) is 0. The van der Waals surface area contributed by atoms with Crippen LogP contribution in [0.2, 0.25) is 0 Å². The van der Waals surface area contributed by atoms with Crippen LogP contribution in [0.3, 0.4) is 0 Å². The van der Waals surface area contributed by atoms with Crippen molar-refractivity contribution in [2.75, 3.05) is 20.6 Å². The average molecular weight is 308 g/mol. The number of hydrogen-bond acceptors (Lipinski definition) is 4. The van der Waals surface area contributed by atoms with Crippen molar-refractivity contribution in [1.29, 1.82) is 0 Å². The van der Waals surface area contributed by atoms with Crippen LogP contribution in [0, 0.1) is 5.92 Å². The maximum absolute atomic E-state index is 13.0. The first kappa shape index (κ1) is 6.91. The molecule has 22 heavy (non-hydrogen) atoms. The van der Waals surface area contributed by atoms with Gasteiger partial charge in [0.2, 0.25) is 0 Å². The largest absolute Gasteiger partial charge is 0.493 e. The summed E-state index contributed by atoms with van der Waals surface area (Å²) in [5.41, 5.74) is -1.66. The minimum Gasteiger partial charge on any atom is -0.493 e. The predicted octanol–water partition coefficient (Wildman–Crippen LogP) is 1.93. The number of likely N-dealkylation sites (N-methyl/N-ethyl adjacent to an activating group) is 1. The van der Waals surface area contributed by atoms with Gasteiger partial charge in [-0.15, -0.1) is 0 Å². The molecule has 1 aromatic carbocycles.